The second-order valence-corrected chi connectivity index (χ2v) is 9.32. The van der Waals surface area contributed by atoms with Gasteiger partial charge in [-0.1, -0.05) is 54.9 Å². The first kappa shape index (κ1) is 26.9. The van der Waals surface area contributed by atoms with Crippen molar-refractivity contribution in [1.29, 1.82) is 0 Å². The monoisotopic (exact) mass is 532 g/mol. The Morgan fingerprint density at radius 3 is 2.42 bits per heavy atom. The van der Waals surface area contributed by atoms with E-state index in [1.54, 1.807) is 24.3 Å². The summed E-state index contributed by atoms with van der Waals surface area (Å²) in [5.74, 6) is -0.760. The predicted octanol–water partition coefficient (Wildman–Crippen LogP) is 6.16. The molecule has 3 aromatic carbocycles. The fourth-order valence-electron chi connectivity index (χ4n) is 4.19. The molecule has 4 amide bonds. The summed E-state index contributed by atoms with van der Waals surface area (Å²) < 4.78 is 11.8. The number of para-hydroxylation sites is 1. The fraction of sp³-hybridized carbons (Fsp3) is 0.233. The molecular formula is C30H29ClN2O5. The highest BCUT2D eigenvalue weighted by molar-refractivity contribution is 6.39. The molecule has 4 rings (SSSR count). The zero-order valence-corrected chi connectivity index (χ0v) is 22.5. The summed E-state index contributed by atoms with van der Waals surface area (Å²) in [6, 6.07) is 15.6. The number of halogens is 1. The number of carbonyl (C=O) groups is 3. The number of hydrogen-bond donors (Lipinski definition) is 1. The fourth-order valence-corrected chi connectivity index (χ4v) is 4.47. The smallest absolute Gasteiger partial charge is 0.335 e. The molecule has 1 N–H and O–H groups in total. The topological polar surface area (TPSA) is 84.9 Å². The normalized spacial score (nSPS) is 14.6. The summed E-state index contributed by atoms with van der Waals surface area (Å²) in [6.07, 6.45) is 2.00. The van der Waals surface area contributed by atoms with Crippen molar-refractivity contribution in [2.45, 2.75) is 40.7 Å². The number of nitrogens with zero attached hydrogens (tertiary/aromatic N) is 1. The molecule has 0 bridgehead atoms. The molecule has 1 aliphatic heterocycles. The molecule has 0 unspecified atom stereocenters. The molecule has 196 valence electrons. The molecule has 7 nitrogen and oxygen atoms in total. The van der Waals surface area contributed by atoms with Crippen molar-refractivity contribution in [3.8, 4) is 11.5 Å². The van der Waals surface area contributed by atoms with Crippen LogP contribution in [0.3, 0.4) is 0 Å². The number of anilines is 1. The second kappa shape index (κ2) is 11.5. The maximum Gasteiger partial charge on any atom is 0.335 e. The summed E-state index contributed by atoms with van der Waals surface area (Å²) >= 11 is 6.59. The Morgan fingerprint density at radius 1 is 0.947 bits per heavy atom. The summed E-state index contributed by atoms with van der Waals surface area (Å²) in [5, 5.41) is 2.53. The van der Waals surface area contributed by atoms with Crippen LogP contribution in [0.4, 0.5) is 10.5 Å². The van der Waals surface area contributed by atoms with Crippen molar-refractivity contribution >= 4 is 41.2 Å². The molecular weight excluding hydrogens is 504 g/mol. The van der Waals surface area contributed by atoms with E-state index in [0.717, 1.165) is 21.6 Å². The van der Waals surface area contributed by atoms with Crippen molar-refractivity contribution in [1.82, 2.24) is 5.32 Å². The van der Waals surface area contributed by atoms with Crippen LogP contribution in [0.2, 0.25) is 5.02 Å². The van der Waals surface area contributed by atoms with Gasteiger partial charge in [0.05, 0.1) is 17.3 Å². The van der Waals surface area contributed by atoms with Crippen LogP contribution in [0.1, 0.15) is 41.7 Å². The molecule has 0 atom stereocenters. The zero-order valence-electron chi connectivity index (χ0n) is 21.8. The van der Waals surface area contributed by atoms with Crippen LogP contribution in [-0.4, -0.2) is 24.5 Å². The number of nitrogens with one attached hydrogen (secondary N) is 1. The van der Waals surface area contributed by atoms with Crippen LogP contribution >= 0.6 is 11.6 Å². The van der Waals surface area contributed by atoms with Crippen LogP contribution < -0.4 is 19.7 Å². The number of urea groups is 1. The number of imide groups is 2. The molecule has 0 radical (unpaired) electrons. The number of barbiturate groups is 1. The lowest BCUT2D eigenvalue weighted by Gasteiger charge is -2.28. The number of carbonyl (C=O) groups excluding carboxylic acids is 3. The van der Waals surface area contributed by atoms with Crippen molar-refractivity contribution in [3.05, 3.63) is 93.0 Å². The standard InChI is InChI=1S/C30H29ClN2O5/c1-5-22-9-7-8-10-25(22)33-29(35)23(28(34)32-30(33)36)14-21-15-24(31)27(26(16-21)37-6-2)38-17-20-12-11-18(3)19(4)13-20/h7-16H,5-6,17H2,1-4H3,(H,32,34,36)/b23-14-. The average molecular weight is 533 g/mol. The minimum absolute atomic E-state index is 0.196. The van der Waals surface area contributed by atoms with E-state index in [2.05, 4.69) is 11.4 Å². The van der Waals surface area contributed by atoms with Crippen LogP contribution in [0.5, 0.6) is 11.5 Å². The number of hydrogen-bond acceptors (Lipinski definition) is 5. The minimum Gasteiger partial charge on any atom is -0.490 e. The van der Waals surface area contributed by atoms with Crippen molar-refractivity contribution in [2.24, 2.45) is 0 Å². The second-order valence-electron chi connectivity index (χ2n) is 8.91. The highest BCUT2D eigenvalue weighted by Crippen LogP contribution is 2.38. The molecule has 0 aliphatic carbocycles. The van der Waals surface area contributed by atoms with E-state index in [-0.39, 0.29) is 17.2 Å². The lowest BCUT2D eigenvalue weighted by molar-refractivity contribution is -0.122. The summed E-state index contributed by atoms with van der Waals surface area (Å²) in [5.41, 5.74) is 4.83. The third-order valence-electron chi connectivity index (χ3n) is 6.31. The van der Waals surface area contributed by atoms with Gasteiger partial charge in [0.2, 0.25) is 0 Å². The van der Waals surface area contributed by atoms with E-state index < -0.39 is 17.8 Å². The van der Waals surface area contributed by atoms with Crippen LogP contribution in [-0.2, 0) is 22.6 Å². The van der Waals surface area contributed by atoms with Gasteiger partial charge in [0.25, 0.3) is 11.8 Å². The van der Waals surface area contributed by atoms with E-state index in [0.29, 0.717) is 35.8 Å². The van der Waals surface area contributed by atoms with Gasteiger partial charge in [-0.3, -0.25) is 14.9 Å². The van der Waals surface area contributed by atoms with E-state index in [1.165, 1.54) is 11.6 Å². The van der Waals surface area contributed by atoms with Gasteiger partial charge < -0.3 is 9.47 Å². The maximum atomic E-state index is 13.4. The van der Waals surface area contributed by atoms with Crippen molar-refractivity contribution < 1.29 is 23.9 Å². The minimum atomic E-state index is -0.791. The number of amides is 4. The Kier molecular flexibility index (Phi) is 8.17. The first-order valence-electron chi connectivity index (χ1n) is 12.4. The molecule has 8 heteroatoms. The Hall–Kier alpha value is -4.10. The lowest BCUT2D eigenvalue weighted by Crippen LogP contribution is -2.54. The highest BCUT2D eigenvalue weighted by Gasteiger charge is 2.37. The van der Waals surface area contributed by atoms with E-state index in [9.17, 15) is 14.4 Å². The van der Waals surface area contributed by atoms with Gasteiger partial charge in [0.1, 0.15) is 12.2 Å². The average Bonchev–Trinajstić information content (AvgIpc) is 2.88. The largest absolute Gasteiger partial charge is 0.490 e. The van der Waals surface area contributed by atoms with Crippen LogP contribution in [0.25, 0.3) is 6.08 Å². The third-order valence-corrected chi connectivity index (χ3v) is 6.59. The number of aryl methyl sites for hydroxylation is 3. The number of ether oxygens (including phenoxy) is 2. The van der Waals surface area contributed by atoms with Gasteiger partial charge in [-0.05, 0) is 79.3 Å². The lowest BCUT2D eigenvalue weighted by atomic mass is 10.0. The Balaban J connectivity index is 1.67. The van der Waals surface area contributed by atoms with Gasteiger partial charge in [-0.15, -0.1) is 0 Å². The van der Waals surface area contributed by atoms with E-state index in [1.807, 2.05) is 52.0 Å². The Morgan fingerprint density at radius 2 is 1.71 bits per heavy atom. The molecule has 1 heterocycles. The number of rotatable bonds is 8. The van der Waals surface area contributed by atoms with Crippen LogP contribution in [0, 0.1) is 13.8 Å². The molecule has 1 fully saturated rings. The first-order valence-corrected chi connectivity index (χ1v) is 12.8. The van der Waals surface area contributed by atoms with E-state index in [4.69, 9.17) is 21.1 Å². The quantitative estimate of drug-likeness (QED) is 0.277. The van der Waals surface area contributed by atoms with Crippen molar-refractivity contribution in [2.75, 3.05) is 11.5 Å². The first-order chi connectivity index (χ1) is 18.2. The maximum absolute atomic E-state index is 13.4. The molecule has 0 aromatic heterocycles. The van der Waals surface area contributed by atoms with Gasteiger partial charge in [-0.2, -0.15) is 0 Å². The molecule has 0 saturated carbocycles. The molecule has 0 spiro atoms. The summed E-state index contributed by atoms with van der Waals surface area (Å²) in [7, 11) is 0. The van der Waals surface area contributed by atoms with Crippen molar-refractivity contribution in [3.63, 3.8) is 0 Å². The van der Waals surface area contributed by atoms with Crippen LogP contribution in [0.15, 0.2) is 60.2 Å². The van der Waals surface area contributed by atoms with Gasteiger partial charge in [0.15, 0.2) is 11.5 Å². The Labute approximate surface area is 227 Å². The molecule has 1 aliphatic rings. The van der Waals surface area contributed by atoms with Gasteiger partial charge in [-0.25, -0.2) is 9.69 Å². The SMILES string of the molecule is CCOc1cc(/C=C2/C(=O)NC(=O)N(c3ccccc3CC)C2=O)cc(Cl)c1OCc1ccc(C)c(C)c1. The Bertz CT molecular complexity index is 1450. The van der Waals surface area contributed by atoms with Gasteiger partial charge in [0, 0.05) is 0 Å². The highest BCUT2D eigenvalue weighted by atomic mass is 35.5. The summed E-state index contributed by atoms with van der Waals surface area (Å²) in [6.45, 7) is 8.49. The van der Waals surface area contributed by atoms with E-state index >= 15 is 0 Å². The third kappa shape index (κ3) is 5.58. The molecule has 3 aromatic rings. The zero-order chi connectivity index (χ0) is 27.4. The van der Waals surface area contributed by atoms with Gasteiger partial charge >= 0.3 is 6.03 Å². The predicted molar refractivity (Wildman–Crippen MR) is 148 cm³/mol. The summed E-state index contributed by atoms with van der Waals surface area (Å²) in [4.78, 5) is 39.7. The number of benzene rings is 3. The molecule has 38 heavy (non-hydrogen) atoms. The molecule has 1 saturated heterocycles.